The van der Waals surface area contributed by atoms with Gasteiger partial charge in [-0.05, 0) is 61.6 Å². The molecule has 132 valence electrons. The van der Waals surface area contributed by atoms with Crippen molar-refractivity contribution < 1.29 is 18.7 Å². The zero-order valence-electron chi connectivity index (χ0n) is 14.2. The molecule has 0 spiro atoms. The average Bonchev–Trinajstić information content (AvgIpc) is 3.05. The van der Waals surface area contributed by atoms with E-state index in [-0.39, 0.29) is 17.6 Å². The van der Waals surface area contributed by atoms with Gasteiger partial charge in [0.15, 0.2) is 0 Å². The second kappa shape index (κ2) is 7.66. The lowest BCUT2D eigenvalue weighted by atomic mass is 9.87. The largest absolute Gasteiger partial charge is 0.462 e. The van der Waals surface area contributed by atoms with E-state index in [2.05, 4.69) is 0 Å². The first-order valence-corrected chi connectivity index (χ1v) is 8.50. The van der Waals surface area contributed by atoms with Crippen LogP contribution in [0.1, 0.15) is 36.0 Å². The third-order valence-electron chi connectivity index (χ3n) is 4.66. The van der Waals surface area contributed by atoms with E-state index in [1.165, 1.54) is 18.2 Å². The molecule has 4 nitrogen and oxygen atoms in total. The van der Waals surface area contributed by atoms with Crippen LogP contribution in [0.3, 0.4) is 0 Å². The van der Waals surface area contributed by atoms with Crippen molar-refractivity contribution in [3.8, 4) is 0 Å². The number of likely N-dealkylation sites (tertiary alicyclic amines) is 1. The van der Waals surface area contributed by atoms with Crippen LogP contribution in [-0.4, -0.2) is 29.0 Å². The summed E-state index contributed by atoms with van der Waals surface area (Å²) in [4.78, 5) is 14.0. The van der Waals surface area contributed by atoms with Gasteiger partial charge in [-0.15, -0.1) is 0 Å². The number of benzene rings is 1. The first-order valence-electron chi connectivity index (χ1n) is 8.50. The Bertz CT molecular complexity index is 743. The Labute approximate surface area is 146 Å². The van der Waals surface area contributed by atoms with Crippen LogP contribution in [0.2, 0.25) is 0 Å². The molecule has 3 rings (SSSR count). The molecule has 1 aromatic heterocycles. The van der Waals surface area contributed by atoms with Gasteiger partial charge in [0.1, 0.15) is 17.3 Å². The van der Waals surface area contributed by atoms with E-state index in [1.54, 1.807) is 23.1 Å². The van der Waals surface area contributed by atoms with Crippen molar-refractivity contribution in [1.29, 1.82) is 0 Å². The van der Waals surface area contributed by atoms with Gasteiger partial charge in [-0.25, -0.2) is 4.39 Å². The maximum Gasteiger partial charge on any atom is 0.246 e. The SMILES string of the molecule is Cc1ccc(/C=C/C(=O)N2CCC(C(O)c3ccc(F)cc3)CC2)o1. The summed E-state index contributed by atoms with van der Waals surface area (Å²) in [5, 5.41) is 10.5. The van der Waals surface area contributed by atoms with Crippen LogP contribution in [0.5, 0.6) is 0 Å². The molecule has 0 saturated carbocycles. The molecule has 1 saturated heterocycles. The van der Waals surface area contributed by atoms with E-state index in [0.717, 1.165) is 24.2 Å². The van der Waals surface area contributed by atoms with Gasteiger partial charge in [-0.2, -0.15) is 0 Å². The molecule has 2 aromatic rings. The van der Waals surface area contributed by atoms with Crippen molar-refractivity contribution in [2.24, 2.45) is 5.92 Å². The van der Waals surface area contributed by atoms with Crippen LogP contribution in [0.25, 0.3) is 6.08 Å². The minimum absolute atomic E-state index is 0.0521. The molecule has 0 radical (unpaired) electrons. The summed E-state index contributed by atoms with van der Waals surface area (Å²) >= 11 is 0. The van der Waals surface area contributed by atoms with Crippen molar-refractivity contribution >= 4 is 12.0 Å². The lowest BCUT2D eigenvalue weighted by Crippen LogP contribution is -2.38. The summed E-state index contributed by atoms with van der Waals surface area (Å²) in [7, 11) is 0. The number of hydrogen-bond donors (Lipinski definition) is 1. The highest BCUT2D eigenvalue weighted by molar-refractivity contribution is 5.91. The fraction of sp³-hybridized carbons (Fsp3) is 0.350. The standard InChI is InChI=1S/C20H22FNO3/c1-14-2-7-18(25-14)8-9-19(23)22-12-10-16(11-13-22)20(24)15-3-5-17(21)6-4-15/h2-9,16,20,24H,10-13H2,1H3/b9-8+. The number of aliphatic hydroxyl groups excluding tert-OH is 1. The summed E-state index contributed by atoms with van der Waals surface area (Å²) in [6.45, 7) is 3.06. The van der Waals surface area contributed by atoms with Crippen molar-refractivity contribution in [1.82, 2.24) is 4.90 Å². The van der Waals surface area contributed by atoms with E-state index in [9.17, 15) is 14.3 Å². The molecule has 5 heteroatoms. The minimum Gasteiger partial charge on any atom is -0.462 e. The maximum absolute atomic E-state index is 13.0. The number of nitrogens with zero attached hydrogens (tertiary/aromatic N) is 1. The monoisotopic (exact) mass is 343 g/mol. The molecule has 1 aromatic carbocycles. The van der Waals surface area contributed by atoms with Crippen LogP contribution < -0.4 is 0 Å². The molecule has 1 N–H and O–H groups in total. The van der Waals surface area contributed by atoms with Crippen LogP contribution in [0.15, 0.2) is 46.9 Å². The number of amides is 1. The fourth-order valence-corrected chi connectivity index (χ4v) is 3.17. The van der Waals surface area contributed by atoms with Crippen molar-refractivity contribution in [2.45, 2.75) is 25.9 Å². The Morgan fingerprint density at radius 2 is 1.92 bits per heavy atom. The van der Waals surface area contributed by atoms with Gasteiger partial charge in [-0.3, -0.25) is 4.79 Å². The Morgan fingerprint density at radius 3 is 2.52 bits per heavy atom. The molecule has 1 aliphatic rings. The highest BCUT2D eigenvalue weighted by atomic mass is 19.1. The molecule has 0 bridgehead atoms. The summed E-state index contributed by atoms with van der Waals surface area (Å²) in [5.74, 6) is 1.18. The first-order chi connectivity index (χ1) is 12.0. The van der Waals surface area contributed by atoms with Crippen LogP contribution in [0.4, 0.5) is 4.39 Å². The van der Waals surface area contributed by atoms with E-state index in [0.29, 0.717) is 18.8 Å². The zero-order chi connectivity index (χ0) is 17.8. The predicted molar refractivity (Wildman–Crippen MR) is 93.1 cm³/mol. The number of carbonyl (C=O) groups is 1. The summed E-state index contributed by atoms with van der Waals surface area (Å²) < 4.78 is 18.4. The lowest BCUT2D eigenvalue weighted by molar-refractivity contribution is -0.127. The Morgan fingerprint density at radius 1 is 1.24 bits per heavy atom. The van der Waals surface area contributed by atoms with Gasteiger partial charge in [0.2, 0.25) is 5.91 Å². The Hall–Kier alpha value is -2.40. The van der Waals surface area contributed by atoms with Crippen LogP contribution >= 0.6 is 0 Å². The van der Waals surface area contributed by atoms with Crippen LogP contribution in [0, 0.1) is 18.7 Å². The Kier molecular flexibility index (Phi) is 5.34. The third kappa shape index (κ3) is 4.37. The molecule has 1 amide bonds. The number of furan rings is 1. The van der Waals surface area contributed by atoms with E-state index in [1.807, 2.05) is 19.1 Å². The number of aryl methyl sites for hydroxylation is 1. The summed E-state index contributed by atoms with van der Waals surface area (Å²) in [5.41, 5.74) is 0.722. The average molecular weight is 343 g/mol. The number of rotatable bonds is 4. The van der Waals surface area contributed by atoms with Crippen LogP contribution in [-0.2, 0) is 4.79 Å². The molecule has 25 heavy (non-hydrogen) atoms. The van der Waals surface area contributed by atoms with E-state index < -0.39 is 6.10 Å². The van der Waals surface area contributed by atoms with E-state index >= 15 is 0 Å². The molecule has 1 fully saturated rings. The van der Waals surface area contributed by atoms with Crippen molar-refractivity contribution in [3.63, 3.8) is 0 Å². The van der Waals surface area contributed by atoms with Gasteiger partial charge >= 0.3 is 0 Å². The van der Waals surface area contributed by atoms with Gasteiger partial charge < -0.3 is 14.4 Å². The van der Waals surface area contributed by atoms with Crippen molar-refractivity contribution in [3.05, 3.63) is 65.4 Å². The number of hydrogen-bond acceptors (Lipinski definition) is 3. The number of halogens is 1. The van der Waals surface area contributed by atoms with Gasteiger partial charge in [0, 0.05) is 19.2 Å². The van der Waals surface area contributed by atoms with Gasteiger partial charge in [0.05, 0.1) is 6.10 Å². The highest BCUT2D eigenvalue weighted by Gasteiger charge is 2.27. The normalized spacial score (nSPS) is 17.2. The molecule has 1 atom stereocenters. The molecule has 2 heterocycles. The summed E-state index contributed by atoms with van der Waals surface area (Å²) in [6, 6.07) is 9.63. The molecule has 1 aliphatic heterocycles. The first kappa shape index (κ1) is 17.4. The number of piperidine rings is 1. The van der Waals surface area contributed by atoms with E-state index in [4.69, 9.17) is 4.42 Å². The zero-order valence-corrected chi connectivity index (χ0v) is 14.2. The maximum atomic E-state index is 13.0. The smallest absolute Gasteiger partial charge is 0.246 e. The summed E-state index contributed by atoms with van der Waals surface area (Å²) in [6.07, 6.45) is 4.01. The molecular formula is C20H22FNO3. The lowest BCUT2D eigenvalue weighted by Gasteiger charge is -2.33. The van der Waals surface area contributed by atoms with Gasteiger partial charge in [-0.1, -0.05) is 12.1 Å². The predicted octanol–water partition coefficient (Wildman–Crippen LogP) is 3.71. The minimum atomic E-state index is -0.625. The highest BCUT2D eigenvalue weighted by Crippen LogP contribution is 2.30. The second-order valence-electron chi connectivity index (χ2n) is 6.44. The topological polar surface area (TPSA) is 53.7 Å². The third-order valence-corrected chi connectivity index (χ3v) is 4.66. The number of carbonyl (C=O) groups excluding carboxylic acids is 1. The number of aliphatic hydroxyl groups is 1. The second-order valence-corrected chi connectivity index (χ2v) is 6.44. The Balaban J connectivity index is 1.53. The van der Waals surface area contributed by atoms with Crippen molar-refractivity contribution in [2.75, 3.05) is 13.1 Å². The van der Waals surface area contributed by atoms with Gasteiger partial charge in [0.25, 0.3) is 0 Å². The quantitative estimate of drug-likeness (QED) is 0.861. The molecule has 0 aliphatic carbocycles. The molecule has 1 unspecified atom stereocenters. The molecular weight excluding hydrogens is 321 g/mol. The fourth-order valence-electron chi connectivity index (χ4n) is 3.17.